The summed E-state index contributed by atoms with van der Waals surface area (Å²) in [6, 6.07) is 0.652. The molecule has 0 aromatic rings. The molecule has 0 radical (unpaired) electrons. The molecule has 24 heavy (non-hydrogen) atoms. The van der Waals surface area contributed by atoms with Gasteiger partial charge in [-0.15, -0.1) is 0 Å². The molecule has 2 amide bonds. The Hall–Kier alpha value is -1.10. The molecule has 2 heterocycles. The van der Waals surface area contributed by atoms with Gasteiger partial charge in [-0.2, -0.15) is 0 Å². The molecule has 1 N–H and O–H groups in total. The predicted octanol–water partition coefficient (Wildman–Crippen LogP) is 2.16. The maximum Gasteiger partial charge on any atom is 0.234 e. The standard InChI is InChI=1S/C19H33N3O2/c23-18(15-22-13-5-8-16-7-4-9-17(16)22)20-11-6-14-21-12-3-1-2-10-19(21)24/h16-17H,1-15H2,(H,20,23). The van der Waals surface area contributed by atoms with Gasteiger partial charge in [-0.25, -0.2) is 0 Å². The fraction of sp³-hybridized carbons (Fsp3) is 0.895. The Morgan fingerprint density at radius 2 is 1.92 bits per heavy atom. The summed E-state index contributed by atoms with van der Waals surface area (Å²) in [5, 5.41) is 3.06. The molecule has 3 fully saturated rings. The van der Waals surface area contributed by atoms with Gasteiger partial charge in [-0.3, -0.25) is 14.5 Å². The van der Waals surface area contributed by atoms with Crippen LogP contribution in [-0.4, -0.2) is 60.4 Å². The average molecular weight is 335 g/mol. The lowest BCUT2D eigenvalue weighted by atomic mass is 9.92. The SMILES string of the molecule is O=C(CN1CCCC2CCCC21)NCCCN1CCCCCC1=O. The zero-order valence-electron chi connectivity index (χ0n) is 15.0. The minimum Gasteiger partial charge on any atom is -0.355 e. The zero-order valence-corrected chi connectivity index (χ0v) is 15.0. The van der Waals surface area contributed by atoms with Gasteiger partial charge >= 0.3 is 0 Å². The number of carbonyl (C=O) groups is 2. The van der Waals surface area contributed by atoms with Gasteiger partial charge in [0.15, 0.2) is 0 Å². The summed E-state index contributed by atoms with van der Waals surface area (Å²) in [4.78, 5) is 28.6. The number of hydrogen-bond donors (Lipinski definition) is 1. The van der Waals surface area contributed by atoms with Crippen molar-refractivity contribution in [2.24, 2.45) is 5.92 Å². The van der Waals surface area contributed by atoms with Crippen molar-refractivity contribution in [1.82, 2.24) is 15.1 Å². The first-order valence-electron chi connectivity index (χ1n) is 10.0. The molecule has 2 aliphatic heterocycles. The third kappa shape index (κ3) is 4.71. The highest BCUT2D eigenvalue weighted by Gasteiger charge is 2.35. The van der Waals surface area contributed by atoms with Crippen molar-refractivity contribution in [2.45, 2.75) is 70.3 Å². The lowest BCUT2D eigenvalue weighted by molar-refractivity contribution is -0.130. The van der Waals surface area contributed by atoms with E-state index in [0.717, 1.165) is 51.2 Å². The summed E-state index contributed by atoms with van der Waals surface area (Å²) >= 11 is 0. The summed E-state index contributed by atoms with van der Waals surface area (Å²) in [6.45, 7) is 4.00. The van der Waals surface area contributed by atoms with Crippen molar-refractivity contribution in [1.29, 1.82) is 0 Å². The molecule has 2 atom stereocenters. The van der Waals surface area contributed by atoms with Gasteiger partial charge in [0, 0.05) is 32.1 Å². The molecule has 1 aliphatic carbocycles. The normalized spacial score (nSPS) is 28.5. The first-order chi connectivity index (χ1) is 11.7. The van der Waals surface area contributed by atoms with Crippen LogP contribution in [-0.2, 0) is 9.59 Å². The number of fused-ring (bicyclic) bond motifs is 1. The molecule has 2 saturated heterocycles. The summed E-state index contributed by atoms with van der Waals surface area (Å²) in [6.07, 6.45) is 11.4. The maximum absolute atomic E-state index is 12.2. The Labute approximate surface area is 146 Å². The third-order valence-corrected chi connectivity index (χ3v) is 6.05. The smallest absolute Gasteiger partial charge is 0.234 e. The molecule has 5 heteroatoms. The second-order valence-corrected chi connectivity index (χ2v) is 7.77. The van der Waals surface area contributed by atoms with E-state index < -0.39 is 0 Å². The quantitative estimate of drug-likeness (QED) is 0.757. The van der Waals surface area contributed by atoms with Crippen LogP contribution in [0.1, 0.15) is 64.2 Å². The van der Waals surface area contributed by atoms with E-state index in [2.05, 4.69) is 10.2 Å². The summed E-state index contributed by atoms with van der Waals surface area (Å²) in [7, 11) is 0. The lowest BCUT2D eigenvalue weighted by Gasteiger charge is -2.37. The van der Waals surface area contributed by atoms with Crippen molar-refractivity contribution >= 4 is 11.8 Å². The zero-order chi connectivity index (χ0) is 16.8. The van der Waals surface area contributed by atoms with E-state index in [0.29, 0.717) is 31.5 Å². The minimum atomic E-state index is 0.157. The Kier molecular flexibility index (Phi) is 6.52. The maximum atomic E-state index is 12.2. The monoisotopic (exact) mass is 335 g/mol. The van der Waals surface area contributed by atoms with Crippen molar-refractivity contribution < 1.29 is 9.59 Å². The number of amides is 2. The molecule has 0 bridgehead atoms. The first kappa shape index (κ1) is 17.7. The second-order valence-electron chi connectivity index (χ2n) is 7.77. The van der Waals surface area contributed by atoms with Crippen molar-refractivity contribution in [2.75, 3.05) is 32.7 Å². The molecule has 1 saturated carbocycles. The van der Waals surface area contributed by atoms with Gasteiger partial charge in [-0.1, -0.05) is 12.8 Å². The molecule has 0 aromatic heterocycles. The Bertz CT molecular complexity index is 440. The molecule has 2 unspecified atom stereocenters. The number of nitrogens with one attached hydrogen (secondary N) is 1. The predicted molar refractivity (Wildman–Crippen MR) is 94.6 cm³/mol. The van der Waals surface area contributed by atoms with Gasteiger partial charge in [0.1, 0.15) is 0 Å². The van der Waals surface area contributed by atoms with E-state index >= 15 is 0 Å². The van der Waals surface area contributed by atoms with Crippen LogP contribution in [0, 0.1) is 5.92 Å². The number of piperidine rings is 1. The van der Waals surface area contributed by atoms with Gasteiger partial charge in [0.25, 0.3) is 0 Å². The van der Waals surface area contributed by atoms with Crippen LogP contribution < -0.4 is 5.32 Å². The highest BCUT2D eigenvalue weighted by molar-refractivity contribution is 5.78. The fourth-order valence-electron chi connectivity index (χ4n) is 4.77. The number of nitrogens with zero attached hydrogens (tertiary/aromatic N) is 2. The van der Waals surface area contributed by atoms with E-state index in [1.807, 2.05) is 4.90 Å². The number of carbonyl (C=O) groups excluding carboxylic acids is 2. The molecular weight excluding hydrogens is 302 g/mol. The molecule has 3 aliphatic rings. The van der Waals surface area contributed by atoms with E-state index in [1.54, 1.807) is 0 Å². The highest BCUT2D eigenvalue weighted by Crippen LogP contribution is 2.36. The molecule has 3 rings (SSSR count). The molecule has 136 valence electrons. The van der Waals surface area contributed by atoms with Crippen molar-refractivity contribution in [3.8, 4) is 0 Å². The summed E-state index contributed by atoms with van der Waals surface area (Å²) in [5.41, 5.74) is 0. The van der Waals surface area contributed by atoms with Crippen LogP contribution in [0.4, 0.5) is 0 Å². The molecule has 0 aromatic carbocycles. The molecular formula is C19H33N3O2. The minimum absolute atomic E-state index is 0.157. The molecule has 0 spiro atoms. The van der Waals surface area contributed by atoms with Gasteiger partial charge in [0.05, 0.1) is 6.54 Å². The van der Waals surface area contributed by atoms with E-state index in [4.69, 9.17) is 0 Å². The summed E-state index contributed by atoms with van der Waals surface area (Å²) in [5.74, 6) is 1.28. The first-order valence-corrected chi connectivity index (χ1v) is 10.0. The van der Waals surface area contributed by atoms with Crippen molar-refractivity contribution in [3.05, 3.63) is 0 Å². The number of likely N-dealkylation sites (tertiary alicyclic amines) is 2. The number of rotatable bonds is 6. The number of hydrogen-bond acceptors (Lipinski definition) is 3. The Balaban J connectivity index is 1.33. The Morgan fingerprint density at radius 3 is 2.83 bits per heavy atom. The van der Waals surface area contributed by atoms with Crippen LogP contribution in [0.25, 0.3) is 0 Å². The van der Waals surface area contributed by atoms with Gasteiger partial charge in [0.2, 0.25) is 11.8 Å². The average Bonchev–Trinajstić information content (AvgIpc) is 2.97. The van der Waals surface area contributed by atoms with Crippen LogP contribution >= 0.6 is 0 Å². The van der Waals surface area contributed by atoms with E-state index in [9.17, 15) is 9.59 Å². The van der Waals surface area contributed by atoms with Crippen molar-refractivity contribution in [3.63, 3.8) is 0 Å². The van der Waals surface area contributed by atoms with Crippen LogP contribution in [0.15, 0.2) is 0 Å². The fourth-order valence-corrected chi connectivity index (χ4v) is 4.77. The van der Waals surface area contributed by atoms with Gasteiger partial charge in [-0.05, 0) is 57.4 Å². The van der Waals surface area contributed by atoms with E-state index in [1.165, 1.54) is 32.1 Å². The van der Waals surface area contributed by atoms with Crippen LogP contribution in [0.5, 0.6) is 0 Å². The van der Waals surface area contributed by atoms with Gasteiger partial charge < -0.3 is 10.2 Å². The largest absolute Gasteiger partial charge is 0.355 e. The third-order valence-electron chi connectivity index (χ3n) is 6.05. The van der Waals surface area contributed by atoms with Crippen LogP contribution in [0.3, 0.4) is 0 Å². The summed E-state index contributed by atoms with van der Waals surface area (Å²) < 4.78 is 0. The Morgan fingerprint density at radius 1 is 1.04 bits per heavy atom. The second kappa shape index (κ2) is 8.84. The highest BCUT2D eigenvalue weighted by atomic mass is 16.2. The lowest BCUT2D eigenvalue weighted by Crippen LogP contribution is -2.47. The topological polar surface area (TPSA) is 52.7 Å². The van der Waals surface area contributed by atoms with Crippen LogP contribution in [0.2, 0.25) is 0 Å². The van der Waals surface area contributed by atoms with E-state index in [-0.39, 0.29) is 5.91 Å². The molecule has 5 nitrogen and oxygen atoms in total.